The van der Waals surface area contributed by atoms with Crippen molar-refractivity contribution in [3.63, 3.8) is 0 Å². The highest BCUT2D eigenvalue weighted by Gasteiger charge is 2.37. The molecule has 0 heterocycles. The van der Waals surface area contributed by atoms with Crippen molar-refractivity contribution in [1.82, 2.24) is 4.90 Å². The summed E-state index contributed by atoms with van der Waals surface area (Å²) < 4.78 is 36.6. The maximum Gasteiger partial charge on any atom is 0.406 e. The number of aliphatic hydroxyl groups is 1. The summed E-state index contributed by atoms with van der Waals surface area (Å²) in [5, 5.41) is 8.66. The van der Waals surface area contributed by atoms with Crippen LogP contribution in [0.4, 0.5) is 13.2 Å². The molecule has 6 heteroatoms. The second kappa shape index (κ2) is 5.52. The van der Waals surface area contributed by atoms with Crippen LogP contribution in [0.3, 0.4) is 0 Å². The highest BCUT2D eigenvalue weighted by molar-refractivity contribution is 5.81. The fourth-order valence-corrected chi connectivity index (χ4v) is 1.17. The van der Waals surface area contributed by atoms with Crippen LogP contribution in [0.1, 0.15) is 27.2 Å². The van der Waals surface area contributed by atoms with Gasteiger partial charge < -0.3 is 10.0 Å². The molecule has 0 rings (SSSR count). The molecule has 0 spiro atoms. The van der Waals surface area contributed by atoms with Gasteiger partial charge in [-0.05, 0) is 6.42 Å². The van der Waals surface area contributed by atoms with E-state index < -0.39 is 30.7 Å². The van der Waals surface area contributed by atoms with E-state index in [0.717, 1.165) is 0 Å². The molecule has 1 N–H and O–H groups in total. The molecule has 0 saturated heterocycles. The Morgan fingerprint density at radius 3 is 2.12 bits per heavy atom. The third-order valence-corrected chi connectivity index (χ3v) is 2.49. The Hall–Kier alpha value is -0.780. The third-order valence-electron chi connectivity index (χ3n) is 2.49. The van der Waals surface area contributed by atoms with Gasteiger partial charge in [-0.15, -0.1) is 0 Å². The van der Waals surface area contributed by atoms with E-state index >= 15 is 0 Å². The standard InChI is InChI=1S/C10H18F3NO2/c1-4-9(2,3)8(16)14(5-6-15)7-10(11,12)13/h15H,4-7H2,1-3H3. The number of amides is 1. The number of alkyl halides is 3. The lowest BCUT2D eigenvalue weighted by atomic mass is 9.88. The molecule has 0 aliphatic carbocycles. The normalized spacial score (nSPS) is 12.7. The van der Waals surface area contributed by atoms with Crippen molar-refractivity contribution in [1.29, 1.82) is 0 Å². The molecule has 0 aliphatic heterocycles. The lowest BCUT2D eigenvalue weighted by Gasteiger charge is -2.31. The third kappa shape index (κ3) is 4.83. The van der Waals surface area contributed by atoms with Crippen molar-refractivity contribution in [2.24, 2.45) is 5.41 Å². The molecule has 0 aliphatic rings. The summed E-state index contributed by atoms with van der Waals surface area (Å²) in [5.41, 5.74) is -0.833. The van der Waals surface area contributed by atoms with Crippen LogP contribution in [0.2, 0.25) is 0 Å². The van der Waals surface area contributed by atoms with Crippen molar-refractivity contribution in [3.8, 4) is 0 Å². The lowest BCUT2D eigenvalue weighted by Crippen LogP contribution is -2.46. The minimum atomic E-state index is -4.44. The molecule has 0 radical (unpaired) electrons. The Labute approximate surface area is 93.2 Å². The number of carbonyl (C=O) groups excluding carboxylic acids is 1. The molecule has 0 bridgehead atoms. The zero-order valence-corrected chi connectivity index (χ0v) is 9.76. The molecule has 16 heavy (non-hydrogen) atoms. The molecular weight excluding hydrogens is 223 g/mol. The van der Waals surface area contributed by atoms with Crippen molar-refractivity contribution in [2.45, 2.75) is 33.4 Å². The molecule has 0 aromatic rings. The summed E-state index contributed by atoms with van der Waals surface area (Å²) in [7, 11) is 0. The Bertz CT molecular complexity index is 239. The number of hydrogen-bond acceptors (Lipinski definition) is 2. The maximum atomic E-state index is 12.2. The molecule has 1 amide bonds. The summed E-state index contributed by atoms with van der Waals surface area (Å²) >= 11 is 0. The number of nitrogens with zero attached hydrogens (tertiary/aromatic N) is 1. The van der Waals surface area contributed by atoms with Gasteiger partial charge in [0.05, 0.1) is 6.61 Å². The number of aliphatic hydroxyl groups excluding tert-OH is 1. The maximum absolute atomic E-state index is 12.2. The van der Waals surface area contributed by atoms with E-state index in [0.29, 0.717) is 11.3 Å². The van der Waals surface area contributed by atoms with Crippen LogP contribution in [0.15, 0.2) is 0 Å². The van der Waals surface area contributed by atoms with Crippen LogP contribution < -0.4 is 0 Å². The predicted molar refractivity (Wildman–Crippen MR) is 53.8 cm³/mol. The Morgan fingerprint density at radius 2 is 1.81 bits per heavy atom. The quantitative estimate of drug-likeness (QED) is 0.797. The summed E-state index contributed by atoms with van der Waals surface area (Å²) in [6.07, 6.45) is -3.99. The predicted octanol–water partition coefficient (Wildman–Crippen LogP) is 1.81. The average molecular weight is 241 g/mol. The molecule has 3 nitrogen and oxygen atoms in total. The smallest absolute Gasteiger partial charge is 0.395 e. The first-order valence-corrected chi connectivity index (χ1v) is 5.11. The van der Waals surface area contributed by atoms with Crippen LogP contribution in [-0.2, 0) is 4.79 Å². The van der Waals surface area contributed by atoms with Crippen molar-refractivity contribution >= 4 is 5.91 Å². The molecule has 0 saturated carbocycles. The fraction of sp³-hybridized carbons (Fsp3) is 0.900. The number of rotatable bonds is 5. The van der Waals surface area contributed by atoms with Crippen molar-refractivity contribution < 1.29 is 23.1 Å². The van der Waals surface area contributed by atoms with E-state index in [4.69, 9.17) is 5.11 Å². The van der Waals surface area contributed by atoms with Crippen molar-refractivity contribution in [3.05, 3.63) is 0 Å². The first-order chi connectivity index (χ1) is 7.14. The SMILES string of the molecule is CCC(C)(C)C(=O)N(CCO)CC(F)(F)F. The van der Waals surface area contributed by atoms with Gasteiger partial charge in [0.1, 0.15) is 6.54 Å². The highest BCUT2D eigenvalue weighted by atomic mass is 19.4. The van der Waals surface area contributed by atoms with Gasteiger partial charge in [-0.25, -0.2) is 0 Å². The molecule has 0 atom stereocenters. The molecule has 0 fully saturated rings. The van der Waals surface area contributed by atoms with Crippen LogP contribution in [0.5, 0.6) is 0 Å². The van der Waals surface area contributed by atoms with E-state index in [2.05, 4.69) is 0 Å². The molecule has 0 aromatic heterocycles. The van der Waals surface area contributed by atoms with Gasteiger partial charge in [0.25, 0.3) is 0 Å². The Morgan fingerprint density at radius 1 is 1.31 bits per heavy atom. The monoisotopic (exact) mass is 241 g/mol. The average Bonchev–Trinajstić information content (AvgIpc) is 2.14. The second-order valence-corrected chi connectivity index (χ2v) is 4.30. The van der Waals surface area contributed by atoms with Gasteiger partial charge in [-0.1, -0.05) is 20.8 Å². The second-order valence-electron chi connectivity index (χ2n) is 4.30. The first kappa shape index (κ1) is 15.2. The van der Waals surface area contributed by atoms with E-state index in [1.54, 1.807) is 20.8 Å². The zero-order chi connectivity index (χ0) is 13.0. The van der Waals surface area contributed by atoms with Gasteiger partial charge >= 0.3 is 6.18 Å². The topological polar surface area (TPSA) is 40.5 Å². The molecule has 0 aromatic carbocycles. The van der Waals surface area contributed by atoms with E-state index in [1.165, 1.54) is 0 Å². The number of halogens is 3. The Kier molecular flexibility index (Phi) is 5.25. The van der Waals surface area contributed by atoms with Gasteiger partial charge in [0, 0.05) is 12.0 Å². The van der Waals surface area contributed by atoms with Crippen LogP contribution in [-0.4, -0.2) is 41.8 Å². The first-order valence-electron chi connectivity index (χ1n) is 5.11. The molecule has 96 valence electrons. The van der Waals surface area contributed by atoms with E-state index in [9.17, 15) is 18.0 Å². The summed E-state index contributed by atoms with van der Waals surface area (Å²) in [6, 6.07) is 0. The van der Waals surface area contributed by atoms with Gasteiger partial charge in [0.2, 0.25) is 5.91 Å². The molecule has 0 unspecified atom stereocenters. The van der Waals surface area contributed by atoms with E-state index in [1.807, 2.05) is 0 Å². The van der Waals surface area contributed by atoms with Gasteiger partial charge in [0.15, 0.2) is 0 Å². The van der Waals surface area contributed by atoms with Gasteiger partial charge in [-0.2, -0.15) is 13.2 Å². The minimum absolute atomic E-state index is 0.290. The molecular formula is C10H18F3NO2. The summed E-state index contributed by atoms with van der Waals surface area (Å²) in [5.74, 6) is -0.582. The largest absolute Gasteiger partial charge is 0.406 e. The minimum Gasteiger partial charge on any atom is -0.395 e. The van der Waals surface area contributed by atoms with Crippen molar-refractivity contribution in [2.75, 3.05) is 19.7 Å². The lowest BCUT2D eigenvalue weighted by molar-refractivity contribution is -0.167. The van der Waals surface area contributed by atoms with Crippen LogP contribution in [0.25, 0.3) is 0 Å². The van der Waals surface area contributed by atoms with Crippen LogP contribution in [0, 0.1) is 5.41 Å². The summed E-state index contributed by atoms with van der Waals surface area (Å²) in [6.45, 7) is 2.86. The van der Waals surface area contributed by atoms with E-state index in [-0.39, 0.29) is 6.54 Å². The number of carbonyl (C=O) groups is 1. The van der Waals surface area contributed by atoms with Gasteiger partial charge in [-0.3, -0.25) is 4.79 Å². The highest BCUT2D eigenvalue weighted by Crippen LogP contribution is 2.25. The Balaban J connectivity index is 4.72. The summed E-state index contributed by atoms with van der Waals surface area (Å²) in [4.78, 5) is 12.4. The van der Waals surface area contributed by atoms with Crippen LogP contribution >= 0.6 is 0 Å². The zero-order valence-electron chi connectivity index (χ0n) is 9.76. The number of hydrogen-bond donors (Lipinski definition) is 1. The fourth-order valence-electron chi connectivity index (χ4n) is 1.17.